The largest absolute Gasteiger partial charge is 1.00 e. The van der Waals surface area contributed by atoms with Crippen molar-refractivity contribution >= 4 is 17.8 Å². The number of amidine groups is 1. The number of carbonyl (C=O) groups is 2. The van der Waals surface area contributed by atoms with E-state index in [4.69, 9.17) is 0 Å². The predicted molar refractivity (Wildman–Crippen MR) is 57.3 cm³/mol. The van der Waals surface area contributed by atoms with Gasteiger partial charge in [-0.3, -0.25) is 9.59 Å². The van der Waals surface area contributed by atoms with Crippen LogP contribution in [0.3, 0.4) is 0 Å². The van der Waals surface area contributed by atoms with Crippen LogP contribution in [0.15, 0.2) is 17.1 Å². The second-order valence-electron chi connectivity index (χ2n) is 4.08. The van der Waals surface area contributed by atoms with Crippen LogP contribution in [-0.2, 0) is 9.59 Å². The Morgan fingerprint density at radius 2 is 2.06 bits per heavy atom. The summed E-state index contributed by atoms with van der Waals surface area (Å²) < 4.78 is 0. The minimum atomic E-state index is -1.24. The number of hydrogen-bond acceptors (Lipinski definition) is 3. The van der Waals surface area contributed by atoms with Crippen molar-refractivity contribution in [3.8, 4) is 0 Å². The summed E-state index contributed by atoms with van der Waals surface area (Å²) >= 11 is 0. The molecule has 6 heteroatoms. The molecule has 0 aliphatic carbocycles. The summed E-state index contributed by atoms with van der Waals surface area (Å²) in [5.41, 5.74) is -1.24. The van der Waals surface area contributed by atoms with Gasteiger partial charge in [-0.25, -0.2) is 4.99 Å². The second-order valence-corrected chi connectivity index (χ2v) is 4.08. The Morgan fingerprint density at radius 3 is 2.47 bits per heavy atom. The molecule has 17 heavy (non-hydrogen) atoms. The molecule has 0 saturated carbocycles. The zero-order valence-electron chi connectivity index (χ0n) is 10.6. The first-order valence-corrected chi connectivity index (χ1v) is 5.18. The Morgan fingerprint density at radius 1 is 1.47 bits per heavy atom. The topological polar surface area (TPSA) is 81.6 Å². The molecular weight excluding hydrogens is 231 g/mol. The van der Waals surface area contributed by atoms with E-state index in [2.05, 4.69) is 10.3 Å². The van der Waals surface area contributed by atoms with Crippen molar-refractivity contribution in [3.05, 3.63) is 12.2 Å². The molecule has 1 atom stereocenters. The average Bonchev–Trinajstić information content (AvgIpc) is 2.16. The molecule has 0 spiro atoms. The van der Waals surface area contributed by atoms with Gasteiger partial charge >= 0.3 is 29.6 Å². The summed E-state index contributed by atoms with van der Waals surface area (Å²) in [6.45, 7) is 5.35. The van der Waals surface area contributed by atoms with E-state index >= 15 is 0 Å². The number of hydrogen-bond donors (Lipinski definition) is 1. The van der Waals surface area contributed by atoms with Gasteiger partial charge in [0.15, 0.2) is 0 Å². The summed E-state index contributed by atoms with van der Waals surface area (Å²) in [6.07, 6.45) is 3.77. The standard InChI is InChI=1S/C11H16N2O3.Na/c1-4-5-6-11(7(2)3)8(14)12-10(16)13-9(11)15;/h4-5,7H,6H2,1-3H3,(H2,12,13,14,15,16);/q;+1/p-1. The van der Waals surface area contributed by atoms with Gasteiger partial charge in [0.05, 0.1) is 6.02 Å². The van der Waals surface area contributed by atoms with Gasteiger partial charge in [0, 0.05) is 0 Å². The fourth-order valence-electron chi connectivity index (χ4n) is 1.75. The van der Waals surface area contributed by atoms with E-state index < -0.39 is 23.3 Å². The van der Waals surface area contributed by atoms with Crippen LogP contribution in [0.1, 0.15) is 27.2 Å². The normalized spacial score (nSPS) is 24.6. The first-order valence-electron chi connectivity index (χ1n) is 5.18. The van der Waals surface area contributed by atoms with Crippen molar-refractivity contribution in [1.82, 2.24) is 5.32 Å². The molecule has 88 valence electrons. The molecule has 0 aromatic carbocycles. The molecule has 0 aromatic heterocycles. The van der Waals surface area contributed by atoms with Crippen LogP contribution in [0.4, 0.5) is 0 Å². The molecule has 1 rings (SSSR count). The van der Waals surface area contributed by atoms with Crippen molar-refractivity contribution in [3.63, 3.8) is 0 Å². The molecule has 1 heterocycles. The molecule has 0 saturated heterocycles. The monoisotopic (exact) mass is 246 g/mol. The Bertz CT molecular complexity index is 377. The van der Waals surface area contributed by atoms with Gasteiger partial charge in [0.25, 0.3) is 5.91 Å². The van der Waals surface area contributed by atoms with E-state index in [0.717, 1.165) is 0 Å². The minimum Gasteiger partial charge on any atom is -0.846 e. The number of nitrogens with zero attached hydrogens (tertiary/aromatic N) is 1. The van der Waals surface area contributed by atoms with Gasteiger partial charge < -0.3 is 10.4 Å². The molecule has 1 aliphatic rings. The summed E-state index contributed by atoms with van der Waals surface area (Å²) in [6, 6.07) is -0.869. The quantitative estimate of drug-likeness (QED) is 0.327. The first-order chi connectivity index (χ1) is 7.45. The molecule has 0 aromatic rings. The second kappa shape index (κ2) is 6.33. The molecule has 0 radical (unpaired) electrons. The third-order valence-corrected chi connectivity index (χ3v) is 2.87. The van der Waals surface area contributed by atoms with E-state index in [9.17, 15) is 14.7 Å². The Balaban J connectivity index is 0.00000256. The summed E-state index contributed by atoms with van der Waals surface area (Å²) in [7, 11) is 0. The SMILES string of the molecule is CC=CCC1(C(C)C)C(=O)N=C([O-])NC1=O.[Na+]. The van der Waals surface area contributed by atoms with E-state index in [1.165, 1.54) is 0 Å². The Kier molecular flexibility index (Phi) is 6.09. The first kappa shape index (κ1) is 16.4. The van der Waals surface area contributed by atoms with Crippen molar-refractivity contribution in [1.29, 1.82) is 0 Å². The third kappa shape index (κ3) is 2.97. The van der Waals surface area contributed by atoms with E-state index in [1.54, 1.807) is 26.0 Å². The Hall–Kier alpha value is -0.650. The zero-order chi connectivity index (χ0) is 12.3. The van der Waals surface area contributed by atoms with Crippen molar-refractivity contribution in [2.45, 2.75) is 27.2 Å². The number of amides is 2. The summed E-state index contributed by atoms with van der Waals surface area (Å²) in [5.74, 6) is -1.41. The van der Waals surface area contributed by atoms with Crippen LogP contribution < -0.4 is 40.0 Å². The van der Waals surface area contributed by atoms with Crippen LogP contribution in [0.25, 0.3) is 0 Å². The maximum Gasteiger partial charge on any atom is 1.00 e. The van der Waals surface area contributed by atoms with Crippen LogP contribution in [0.5, 0.6) is 0 Å². The van der Waals surface area contributed by atoms with Gasteiger partial charge in [-0.05, 0) is 19.3 Å². The zero-order valence-corrected chi connectivity index (χ0v) is 12.6. The molecule has 1 N–H and O–H groups in total. The molecule has 1 aliphatic heterocycles. The molecule has 1 unspecified atom stereocenters. The molecule has 0 bridgehead atoms. The summed E-state index contributed by atoms with van der Waals surface area (Å²) in [5, 5.41) is 13.0. The molecule has 2 amide bonds. The van der Waals surface area contributed by atoms with Crippen LogP contribution in [-0.4, -0.2) is 17.8 Å². The fraction of sp³-hybridized carbons (Fsp3) is 0.545. The third-order valence-electron chi connectivity index (χ3n) is 2.87. The van der Waals surface area contributed by atoms with E-state index in [0.29, 0.717) is 0 Å². The Labute approximate surface area is 123 Å². The van der Waals surface area contributed by atoms with E-state index in [1.807, 2.05) is 6.92 Å². The maximum atomic E-state index is 11.8. The van der Waals surface area contributed by atoms with Gasteiger partial charge in [-0.1, -0.05) is 26.0 Å². The number of carbonyl (C=O) groups excluding carboxylic acids is 2. The van der Waals surface area contributed by atoms with Crippen LogP contribution in [0, 0.1) is 11.3 Å². The smallest absolute Gasteiger partial charge is 0.846 e. The molecule has 5 nitrogen and oxygen atoms in total. The van der Waals surface area contributed by atoms with Gasteiger partial charge in [-0.15, -0.1) is 0 Å². The average molecular weight is 246 g/mol. The number of nitrogens with one attached hydrogen (secondary N) is 1. The van der Waals surface area contributed by atoms with Gasteiger partial charge in [0.1, 0.15) is 5.41 Å². The van der Waals surface area contributed by atoms with E-state index in [-0.39, 0.29) is 41.9 Å². The van der Waals surface area contributed by atoms with Crippen LogP contribution in [0.2, 0.25) is 0 Å². The number of rotatable bonds is 3. The van der Waals surface area contributed by atoms with Crippen LogP contribution >= 0.6 is 0 Å². The van der Waals surface area contributed by atoms with Gasteiger partial charge in [-0.2, -0.15) is 0 Å². The van der Waals surface area contributed by atoms with Crippen molar-refractivity contribution in [2.24, 2.45) is 16.3 Å². The van der Waals surface area contributed by atoms with Gasteiger partial charge in [0.2, 0.25) is 5.91 Å². The molecule has 0 fully saturated rings. The predicted octanol–water partition coefficient (Wildman–Crippen LogP) is -3.03. The molecular formula is C11H15N2NaO3. The van der Waals surface area contributed by atoms with Crippen molar-refractivity contribution in [2.75, 3.05) is 0 Å². The number of allylic oxidation sites excluding steroid dienone is 2. The van der Waals surface area contributed by atoms with Crippen molar-refractivity contribution < 1.29 is 44.3 Å². The summed E-state index contributed by atoms with van der Waals surface area (Å²) in [4.78, 5) is 27.0. The minimum absolute atomic E-state index is 0. The number of aliphatic imine (C=N–C) groups is 1. The fourth-order valence-corrected chi connectivity index (χ4v) is 1.75. The maximum absolute atomic E-state index is 11.8.